The van der Waals surface area contributed by atoms with Gasteiger partial charge in [-0.2, -0.15) is 0 Å². The Bertz CT molecular complexity index is 242. The molecule has 0 saturated heterocycles. The monoisotopic (exact) mass is 238 g/mol. The van der Waals surface area contributed by atoms with E-state index < -0.39 is 23.8 Å². The van der Waals surface area contributed by atoms with Gasteiger partial charge in [0.25, 0.3) is 0 Å². The maximum atomic E-state index is 10.7. The molecule has 0 aliphatic heterocycles. The fraction of sp³-hybridized carbons (Fsp3) is 0.800. The maximum absolute atomic E-state index is 10.7. The van der Waals surface area contributed by atoms with E-state index in [9.17, 15) is 19.8 Å². The number of carbonyl (C=O) groups is 2. The Hall–Kier alpha value is 0.200. The zero-order chi connectivity index (χ0) is 10.7. The van der Waals surface area contributed by atoms with E-state index in [0.29, 0.717) is 18.8 Å². The standard InChI is InChI=1S/C10H16O4.Ca/c1-2-6-3-4-7(9(11)12)8(5-6)10(13)14;/h6-8H,2-5H2,1H3,(H,11,12)(H,13,14);/q;+2/p-2. The fourth-order valence-corrected chi connectivity index (χ4v) is 2.17. The van der Waals surface area contributed by atoms with E-state index in [0.717, 1.165) is 12.8 Å². The molecule has 0 amide bonds. The second-order valence-corrected chi connectivity index (χ2v) is 3.94. The van der Waals surface area contributed by atoms with Crippen LogP contribution in [0.25, 0.3) is 0 Å². The van der Waals surface area contributed by atoms with Gasteiger partial charge in [0, 0.05) is 23.8 Å². The molecule has 3 unspecified atom stereocenters. The molecule has 1 aliphatic rings. The molecule has 1 saturated carbocycles. The molecule has 0 aromatic carbocycles. The Morgan fingerprint density at radius 2 is 1.67 bits per heavy atom. The molecule has 0 aromatic heterocycles. The smallest absolute Gasteiger partial charge is 0.550 e. The van der Waals surface area contributed by atoms with Crippen LogP contribution in [0.5, 0.6) is 0 Å². The molecular formula is C10H14CaO4. The van der Waals surface area contributed by atoms with E-state index in [1.165, 1.54) is 0 Å². The fourth-order valence-electron chi connectivity index (χ4n) is 2.17. The SMILES string of the molecule is CCC1CCC(C(=O)[O-])C(C(=O)[O-])C1.[Ca+2]. The molecule has 0 heterocycles. The molecule has 0 radical (unpaired) electrons. The van der Waals surface area contributed by atoms with E-state index >= 15 is 0 Å². The van der Waals surface area contributed by atoms with Crippen molar-refractivity contribution in [2.45, 2.75) is 32.6 Å². The maximum Gasteiger partial charge on any atom is 2.00 e. The summed E-state index contributed by atoms with van der Waals surface area (Å²) in [6, 6.07) is 0. The first-order chi connectivity index (χ1) is 6.56. The Morgan fingerprint density at radius 1 is 1.13 bits per heavy atom. The number of hydrogen-bond donors (Lipinski definition) is 0. The van der Waals surface area contributed by atoms with Gasteiger partial charge in [0.15, 0.2) is 0 Å². The quantitative estimate of drug-likeness (QED) is 0.563. The summed E-state index contributed by atoms with van der Waals surface area (Å²) in [4.78, 5) is 21.4. The third kappa shape index (κ3) is 3.93. The second-order valence-electron chi connectivity index (χ2n) is 3.94. The topological polar surface area (TPSA) is 80.3 Å². The summed E-state index contributed by atoms with van der Waals surface area (Å²) in [6.07, 6.45) is 2.49. The summed E-state index contributed by atoms with van der Waals surface area (Å²) in [6.45, 7) is 1.98. The Kier molecular flexibility index (Phi) is 6.80. The molecule has 0 aromatic rings. The van der Waals surface area contributed by atoms with Crippen LogP contribution < -0.4 is 10.2 Å². The van der Waals surface area contributed by atoms with Gasteiger partial charge in [0.2, 0.25) is 0 Å². The van der Waals surface area contributed by atoms with Crippen molar-refractivity contribution < 1.29 is 19.8 Å². The molecule has 1 aliphatic carbocycles. The van der Waals surface area contributed by atoms with E-state index in [1.807, 2.05) is 6.92 Å². The van der Waals surface area contributed by atoms with Crippen molar-refractivity contribution >= 4 is 49.7 Å². The van der Waals surface area contributed by atoms with Gasteiger partial charge in [-0.3, -0.25) is 0 Å². The number of rotatable bonds is 3. The molecular weight excluding hydrogens is 224 g/mol. The molecule has 15 heavy (non-hydrogen) atoms. The zero-order valence-electron chi connectivity index (χ0n) is 8.90. The van der Waals surface area contributed by atoms with E-state index in [4.69, 9.17) is 0 Å². The van der Waals surface area contributed by atoms with Gasteiger partial charge in [0.05, 0.1) is 0 Å². The number of carboxylic acid groups (broad SMARTS) is 2. The van der Waals surface area contributed by atoms with Crippen molar-refractivity contribution in [2.75, 3.05) is 0 Å². The van der Waals surface area contributed by atoms with E-state index in [2.05, 4.69) is 0 Å². The molecule has 0 spiro atoms. The molecule has 80 valence electrons. The van der Waals surface area contributed by atoms with Gasteiger partial charge in [0.1, 0.15) is 0 Å². The van der Waals surface area contributed by atoms with Crippen LogP contribution in [0.2, 0.25) is 0 Å². The Labute approximate surface area is 119 Å². The van der Waals surface area contributed by atoms with Gasteiger partial charge in [-0.25, -0.2) is 0 Å². The van der Waals surface area contributed by atoms with E-state index in [-0.39, 0.29) is 37.7 Å². The average molecular weight is 238 g/mol. The van der Waals surface area contributed by atoms with Crippen molar-refractivity contribution in [3.63, 3.8) is 0 Å². The van der Waals surface area contributed by atoms with Crippen LogP contribution >= 0.6 is 0 Å². The first kappa shape index (κ1) is 15.2. The number of aliphatic carboxylic acids is 2. The summed E-state index contributed by atoms with van der Waals surface area (Å²) in [5.74, 6) is -3.92. The van der Waals surface area contributed by atoms with Crippen LogP contribution in [0.4, 0.5) is 0 Å². The molecule has 4 nitrogen and oxygen atoms in total. The van der Waals surface area contributed by atoms with Crippen LogP contribution in [0.1, 0.15) is 32.6 Å². The van der Waals surface area contributed by atoms with E-state index in [1.54, 1.807) is 0 Å². The average Bonchev–Trinajstić information content (AvgIpc) is 2.16. The summed E-state index contributed by atoms with van der Waals surface area (Å²) in [5.41, 5.74) is 0. The summed E-state index contributed by atoms with van der Waals surface area (Å²) in [5, 5.41) is 21.4. The summed E-state index contributed by atoms with van der Waals surface area (Å²) >= 11 is 0. The van der Waals surface area contributed by atoms with Gasteiger partial charge >= 0.3 is 37.7 Å². The van der Waals surface area contributed by atoms with Crippen molar-refractivity contribution in [1.29, 1.82) is 0 Å². The van der Waals surface area contributed by atoms with Crippen LogP contribution in [-0.4, -0.2) is 49.7 Å². The third-order valence-electron chi connectivity index (χ3n) is 3.14. The van der Waals surface area contributed by atoms with Crippen molar-refractivity contribution in [2.24, 2.45) is 17.8 Å². The Balaban J connectivity index is 0.00000196. The van der Waals surface area contributed by atoms with Gasteiger partial charge in [-0.1, -0.05) is 13.3 Å². The minimum Gasteiger partial charge on any atom is -0.550 e. The molecule has 1 fully saturated rings. The third-order valence-corrected chi connectivity index (χ3v) is 3.14. The second kappa shape index (κ2) is 6.71. The number of hydrogen-bond acceptors (Lipinski definition) is 4. The van der Waals surface area contributed by atoms with Crippen LogP contribution in [0.3, 0.4) is 0 Å². The normalized spacial score (nSPS) is 30.3. The van der Waals surface area contributed by atoms with Crippen LogP contribution in [0.15, 0.2) is 0 Å². The van der Waals surface area contributed by atoms with Crippen molar-refractivity contribution in [3.05, 3.63) is 0 Å². The predicted molar refractivity (Wildman–Crippen MR) is 50.4 cm³/mol. The predicted octanol–water partition coefficient (Wildman–Crippen LogP) is -1.45. The zero-order valence-corrected chi connectivity index (χ0v) is 11.1. The minimum absolute atomic E-state index is 0. The Morgan fingerprint density at radius 3 is 2.07 bits per heavy atom. The van der Waals surface area contributed by atoms with Gasteiger partial charge < -0.3 is 19.8 Å². The summed E-state index contributed by atoms with van der Waals surface area (Å²) in [7, 11) is 0. The number of carbonyl (C=O) groups excluding carboxylic acids is 2. The summed E-state index contributed by atoms with van der Waals surface area (Å²) < 4.78 is 0. The number of carboxylic acids is 2. The molecule has 1 rings (SSSR count). The molecule has 5 heteroatoms. The van der Waals surface area contributed by atoms with Gasteiger partial charge in [-0.05, 0) is 25.2 Å². The molecule has 0 N–H and O–H groups in total. The molecule has 3 atom stereocenters. The van der Waals surface area contributed by atoms with Gasteiger partial charge in [-0.15, -0.1) is 0 Å². The largest absolute Gasteiger partial charge is 2.00 e. The van der Waals surface area contributed by atoms with Crippen LogP contribution in [0, 0.1) is 17.8 Å². The first-order valence-corrected chi connectivity index (χ1v) is 4.98. The molecule has 0 bridgehead atoms. The first-order valence-electron chi connectivity index (χ1n) is 4.98. The minimum atomic E-state index is -1.26. The van der Waals surface area contributed by atoms with Crippen molar-refractivity contribution in [1.82, 2.24) is 0 Å². The van der Waals surface area contributed by atoms with Crippen LogP contribution in [-0.2, 0) is 9.59 Å². The van der Waals surface area contributed by atoms with Crippen molar-refractivity contribution in [3.8, 4) is 0 Å².